The Hall–Kier alpha value is -2.03. The van der Waals surface area contributed by atoms with E-state index in [1.165, 1.54) is 6.07 Å². The monoisotopic (exact) mass is 387 g/mol. The lowest BCUT2D eigenvalue weighted by Gasteiger charge is -2.37. The van der Waals surface area contributed by atoms with Gasteiger partial charge in [-0.05, 0) is 51.0 Å². The van der Waals surface area contributed by atoms with Crippen LogP contribution in [0.4, 0.5) is 20.1 Å². The van der Waals surface area contributed by atoms with E-state index in [1.54, 1.807) is 11.0 Å². The fourth-order valence-corrected chi connectivity index (χ4v) is 3.41. The van der Waals surface area contributed by atoms with Crippen LogP contribution in [0.25, 0.3) is 0 Å². The van der Waals surface area contributed by atoms with E-state index in [2.05, 4.69) is 0 Å². The predicted molar refractivity (Wildman–Crippen MR) is 99.3 cm³/mol. The second-order valence-electron chi connectivity index (χ2n) is 7.47. The third-order valence-electron chi connectivity index (χ3n) is 4.09. The van der Waals surface area contributed by atoms with Gasteiger partial charge in [-0.1, -0.05) is 0 Å². The highest BCUT2D eigenvalue weighted by Gasteiger charge is 2.27. The van der Waals surface area contributed by atoms with E-state index >= 15 is 0 Å². The van der Waals surface area contributed by atoms with E-state index in [-0.39, 0.29) is 6.09 Å². The number of amides is 1. The van der Waals surface area contributed by atoms with E-state index in [0.717, 1.165) is 11.3 Å². The number of carbonyl (C=O) groups excluding carboxylic acids is 1. The van der Waals surface area contributed by atoms with Crippen LogP contribution in [-0.2, 0) is 20.7 Å². The summed E-state index contributed by atoms with van der Waals surface area (Å²) in [6, 6.07) is 3.12. The molecule has 1 aromatic carbocycles. The molecule has 1 aliphatic rings. The largest absolute Gasteiger partial charge is 0.444 e. The summed E-state index contributed by atoms with van der Waals surface area (Å²) in [4.78, 5) is 15.8. The molecule has 0 bridgehead atoms. The Kier molecular flexibility index (Phi) is 5.70. The van der Waals surface area contributed by atoms with Crippen LogP contribution in [0.1, 0.15) is 31.9 Å². The van der Waals surface area contributed by atoms with Crippen molar-refractivity contribution in [2.75, 3.05) is 36.8 Å². The number of nitrogen functional groups attached to an aromatic ring is 1. The van der Waals surface area contributed by atoms with E-state index in [0.29, 0.717) is 37.4 Å². The molecule has 0 radical (unpaired) electrons. The van der Waals surface area contributed by atoms with Crippen molar-refractivity contribution in [3.63, 3.8) is 0 Å². The minimum absolute atomic E-state index is 0.306. The van der Waals surface area contributed by atoms with Gasteiger partial charge in [0, 0.05) is 37.6 Å². The predicted octanol–water partition coefficient (Wildman–Crippen LogP) is 2.43. The quantitative estimate of drug-likeness (QED) is 0.632. The van der Waals surface area contributed by atoms with Gasteiger partial charge in [-0.25, -0.2) is 4.79 Å². The van der Waals surface area contributed by atoms with Crippen molar-refractivity contribution >= 4 is 27.7 Å². The van der Waals surface area contributed by atoms with Gasteiger partial charge in [0.25, 0.3) is 0 Å². The van der Waals surface area contributed by atoms with Crippen molar-refractivity contribution in [1.82, 2.24) is 4.90 Å². The Morgan fingerprint density at radius 2 is 1.81 bits per heavy atom. The molecule has 0 aromatic heterocycles. The van der Waals surface area contributed by atoms with Crippen LogP contribution in [0.15, 0.2) is 12.1 Å². The number of anilines is 2. The second-order valence-corrected chi connectivity index (χ2v) is 8.83. The Morgan fingerprint density at radius 1 is 1.23 bits per heavy atom. The zero-order valence-electron chi connectivity index (χ0n) is 15.6. The molecule has 0 unspecified atom stereocenters. The van der Waals surface area contributed by atoms with Crippen LogP contribution in [0.3, 0.4) is 0 Å². The van der Waals surface area contributed by atoms with Gasteiger partial charge in [0.1, 0.15) is 11.4 Å². The standard InChI is InChI=1S/C17H26FN3O4S/c1-12-14(19)9-13(11-26(18,23)24)10-15(12)20-5-7-21(8-6-20)16(22)25-17(2,3)4/h9-10H,5-8,11,19H2,1-4H3. The first-order valence-corrected chi connectivity index (χ1v) is 9.95. The molecule has 0 spiro atoms. The summed E-state index contributed by atoms with van der Waals surface area (Å²) >= 11 is 0. The highest BCUT2D eigenvalue weighted by molar-refractivity contribution is 7.85. The van der Waals surface area contributed by atoms with Crippen molar-refractivity contribution in [3.05, 3.63) is 23.3 Å². The van der Waals surface area contributed by atoms with E-state index in [4.69, 9.17) is 10.5 Å². The van der Waals surface area contributed by atoms with Gasteiger partial charge in [-0.15, -0.1) is 3.89 Å². The number of rotatable bonds is 3. The van der Waals surface area contributed by atoms with Crippen molar-refractivity contribution in [2.45, 2.75) is 39.0 Å². The van der Waals surface area contributed by atoms with Gasteiger partial charge in [-0.2, -0.15) is 8.42 Å². The highest BCUT2D eigenvalue weighted by Crippen LogP contribution is 2.29. The second kappa shape index (κ2) is 7.30. The van der Waals surface area contributed by atoms with Crippen molar-refractivity contribution in [2.24, 2.45) is 0 Å². The summed E-state index contributed by atoms with van der Waals surface area (Å²) in [5.74, 6) is -0.706. The molecular formula is C17H26FN3O4S. The molecule has 146 valence electrons. The van der Waals surface area contributed by atoms with Gasteiger partial charge in [-0.3, -0.25) is 0 Å². The molecule has 0 atom stereocenters. The Bertz CT molecular complexity index is 782. The first-order valence-electron chi connectivity index (χ1n) is 8.40. The number of hydrogen-bond donors (Lipinski definition) is 1. The van der Waals surface area contributed by atoms with Crippen LogP contribution >= 0.6 is 0 Å². The fraction of sp³-hybridized carbons (Fsp3) is 0.588. The Labute approximate surface area is 154 Å². The summed E-state index contributed by atoms with van der Waals surface area (Å²) < 4.78 is 40.3. The van der Waals surface area contributed by atoms with Crippen LogP contribution in [0.5, 0.6) is 0 Å². The van der Waals surface area contributed by atoms with Crippen LogP contribution in [-0.4, -0.2) is 51.2 Å². The van der Waals surface area contributed by atoms with Crippen molar-refractivity contribution in [1.29, 1.82) is 0 Å². The maximum absolute atomic E-state index is 13.0. The number of ether oxygens (including phenoxy) is 1. The first-order chi connectivity index (χ1) is 11.9. The number of piperazine rings is 1. The Balaban J connectivity index is 2.12. The van der Waals surface area contributed by atoms with Gasteiger partial charge in [0.2, 0.25) is 0 Å². The van der Waals surface area contributed by atoms with E-state index < -0.39 is 21.6 Å². The number of nitrogens with two attached hydrogens (primary N) is 1. The number of nitrogens with zero attached hydrogens (tertiary/aromatic N) is 2. The molecule has 1 fully saturated rings. The van der Waals surface area contributed by atoms with Crippen molar-refractivity contribution < 1.29 is 21.8 Å². The maximum Gasteiger partial charge on any atom is 0.410 e. The molecule has 1 aliphatic heterocycles. The number of hydrogen-bond acceptors (Lipinski definition) is 6. The first kappa shape index (κ1) is 20.3. The van der Waals surface area contributed by atoms with Gasteiger partial charge < -0.3 is 20.3 Å². The number of carbonyl (C=O) groups is 1. The molecule has 2 N–H and O–H groups in total. The molecule has 0 aliphatic carbocycles. The molecule has 1 heterocycles. The molecule has 0 saturated carbocycles. The van der Waals surface area contributed by atoms with Crippen LogP contribution in [0, 0.1) is 6.92 Å². The third-order valence-corrected chi connectivity index (χ3v) is 4.77. The summed E-state index contributed by atoms with van der Waals surface area (Å²) in [5.41, 5.74) is 7.69. The third kappa shape index (κ3) is 5.48. The summed E-state index contributed by atoms with van der Waals surface area (Å²) in [6.45, 7) is 9.32. The summed E-state index contributed by atoms with van der Waals surface area (Å²) in [6.07, 6.45) is -0.356. The SMILES string of the molecule is Cc1c(N)cc(CS(=O)(=O)F)cc1N1CCN(C(=O)OC(C)(C)C)CC1. The van der Waals surface area contributed by atoms with Crippen LogP contribution < -0.4 is 10.6 Å². The van der Waals surface area contributed by atoms with Gasteiger partial charge >= 0.3 is 16.3 Å². The maximum atomic E-state index is 13.0. The number of benzene rings is 1. The van der Waals surface area contributed by atoms with E-state index in [1.807, 2.05) is 32.6 Å². The smallest absolute Gasteiger partial charge is 0.410 e. The molecular weight excluding hydrogens is 361 g/mol. The lowest BCUT2D eigenvalue weighted by molar-refractivity contribution is 0.0240. The summed E-state index contributed by atoms with van der Waals surface area (Å²) in [5, 5.41) is 0. The summed E-state index contributed by atoms with van der Waals surface area (Å²) in [7, 11) is -4.64. The zero-order valence-corrected chi connectivity index (χ0v) is 16.4. The van der Waals surface area contributed by atoms with Crippen LogP contribution in [0.2, 0.25) is 0 Å². The Morgan fingerprint density at radius 3 is 2.31 bits per heavy atom. The minimum Gasteiger partial charge on any atom is -0.444 e. The molecule has 1 aromatic rings. The molecule has 7 nitrogen and oxygen atoms in total. The average Bonchev–Trinajstić information content (AvgIpc) is 2.47. The van der Waals surface area contributed by atoms with Crippen molar-refractivity contribution in [3.8, 4) is 0 Å². The topological polar surface area (TPSA) is 92.9 Å². The van der Waals surface area contributed by atoms with Gasteiger partial charge in [0.15, 0.2) is 0 Å². The average molecular weight is 387 g/mol. The molecule has 1 amide bonds. The minimum atomic E-state index is -4.64. The molecule has 1 saturated heterocycles. The normalized spacial score (nSPS) is 15.9. The zero-order chi connectivity index (χ0) is 19.7. The molecule has 26 heavy (non-hydrogen) atoms. The molecule has 2 rings (SSSR count). The number of halogens is 1. The highest BCUT2D eigenvalue weighted by atomic mass is 32.3. The lowest BCUT2D eigenvalue weighted by Crippen LogP contribution is -2.50. The lowest BCUT2D eigenvalue weighted by atomic mass is 10.1. The van der Waals surface area contributed by atoms with E-state index in [9.17, 15) is 17.1 Å². The molecule has 9 heteroatoms. The van der Waals surface area contributed by atoms with Gasteiger partial charge in [0.05, 0.1) is 0 Å². The fourth-order valence-electron chi connectivity index (χ4n) is 2.85.